The number of nitrogens with zero attached hydrogens (tertiary/aromatic N) is 3. The summed E-state index contributed by atoms with van der Waals surface area (Å²) >= 11 is 0. The van der Waals surface area contributed by atoms with Crippen LogP contribution in [0.2, 0.25) is 0 Å². The Bertz CT molecular complexity index is 723. The summed E-state index contributed by atoms with van der Waals surface area (Å²) in [5.41, 5.74) is 2.94. The van der Waals surface area contributed by atoms with E-state index in [-0.39, 0.29) is 12.4 Å². The molecule has 0 bridgehead atoms. The molecule has 0 amide bonds. The third kappa shape index (κ3) is 9.44. The molecule has 0 aromatic heterocycles. The third-order valence-electron chi connectivity index (χ3n) is 2.67. The van der Waals surface area contributed by atoms with Gasteiger partial charge in [0.15, 0.2) is 4.98 Å². The van der Waals surface area contributed by atoms with Gasteiger partial charge < -0.3 is 17.3 Å². The highest BCUT2D eigenvalue weighted by atomic mass is 35.5. The number of halogens is 1. The Balaban J connectivity index is 0.000000709. The van der Waals surface area contributed by atoms with Crippen LogP contribution in [0.25, 0.3) is 4.98 Å². The molecule has 0 spiro atoms. The zero-order valence-corrected chi connectivity index (χ0v) is 13.8. The number of hydrogen-bond donors (Lipinski definition) is 2. The van der Waals surface area contributed by atoms with Gasteiger partial charge in [-0.1, -0.05) is 30.3 Å². The Morgan fingerprint density at radius 3 is 1.96 bits per heavy atom. The van der Waals surface area contributed by atoms with Crippen molar-refractivity contribution in [2.75, 3.05) is 11.9 Å². The molecule has 0 saturated carbocycles. The molecule has 0 unspecified atom stereocenters. The van der Waals surface area contributed by atoms with Crippen molar-refractivity contribution >= 4 is 21.8 Å². The minimum Gasteiger partial charge on any atom is -1.00 e. The Kier molecular flexibility index (Phi) is 8.83. The average molecular weight is 358 g/mol. The molecule has 0 aliphatic carbocycles. The van der Waals surface area contributed by atoms with Crippen LogP contribution in [0.1, 0.15) is 5.56 Å². The van der Waals surface area contributed by atoms with Gasteiger partial charge in [-0.3, -0.25) is 9.11 Å². The molecule has 0 heterocycles. The zero-order valence-electron chi connectivity index (χ0n) is 12.2. The van der Waals surface area contributed by atoms with E-state index in [4.69, 9.17) is 22.9 Å². The summed E-state index contributed by atoms with van der Waals surface area (Å²) in [7, 11) is -2.63. The summed E-state index contributed by atoms with van der Waals surface area (Å²) in [5, 5.41) is 8.61. The number of rotatable bonds is 3. The number of hydrogen-bond acceptors (Lipinski definition) is 4. The van der Waals surface area contributed by atoms with Crippen molar-refractivity contribution in [3.05, 3.63) is 65.1 Å². The zero-order chi connectivity index (χ0) is 16.6. The van der Waals surface area contributed by atoms with E-state index < -0.39 is 10.4 Å². The lowest BCUT2D eigenvalue weighted by atomic mass is 10.2. The molecule has 2 rings (SSSR count). The van der Waals surface area contributed by atoms with Gasteiger partial charge in [-0.2, -0.15) is 8.42 Å². The minimum atomic E-state index is -4.67. The average Bonchev–Trinajstić information content (AvgIpc) is 2.46. The van der Waals surface area contributed by atoms with E-state index in [2.05, 4.69) is 22.0 Å². The van der Waals surface area contributed by atoms with Crippen LogP contribution in [-0.2, 0) is 16.9 Å². The highest BCUT2D eigenvalue weighted by Crippen LogP contribution is 2.20. The fraction of sp³-hybridized carbons (Fsp3) is 0.143. The molecule has 0 saturated heterocycles. The maximum atomic E-state index is 8.74. The molecule has 0 aliphatic heterocycles. The summed E-state index contributed by atoms with van der Waals surface area (Å²) in [5.74, 6) is 0. The topological polar surface area (TPSA) is 106 Å². The van der Waals surface area contributed by atoms with Gasteiger partial charge >= 0.3 is 16.1 Å². The van der Waals surface area contributed by atoms with E-state index in [0.29, 0.717) is 5.69 Å². The van der Waals surface area contributed by atoms with Crippen LogP contribution in [0.5, 0.6) is 0 Å². The maximum absolute atomic E-state index is 8.74. The molecule has 0 aliphatic rings. The molecular formula is C14H16ClN3O4S. The minimum absolute atomic E-state index is 0. The van der Waals surface area contributed by atoms with Crippen LogP contribution in [0.4, 0.5) is 11.4 Å². The van der Waals surface area contributed by atoms with Crippen LogP contribution in [0, 0.1) is 5.39 Å². The van der Waals surface area contributed by atoms with Crippen LogP contribution in [0.15, 0.2) is 54.6 Å². The Labute approximate surface area is 141 Å². The van der Waals surface area contributed by atoms with Gasteiger partial charge in [0.05, 0.1) is 0 Å². The first-order valence-electron chi connectivity index (χ1n) is 6.19. The standard InChI is InChI=1S/C14H14N3.ClH.H2O4S/c1-17(11-12-5-3-2-4-6-12)14-9-7-13(16-15)8-10-14;;1-5(2,3)4/h2-10H,11H2,1H3;1H;(H2,1,2,3,4)/q+1;;/p-1. The molecule has 23 heavy (non-hydrogen) atoms. The number of benzene rings is 2. The fourth-order valence-electron chi connectivity index (χ4n) is 1.72. The first-order chi connectivity index (χ1) is 10.3. The van der Waals surface area contributed by atoms with Gasteiger partial charge in [0.1, 0.15) is 0 Å². The summed E-state index contributed by atoms with van der Waals surface area (Å²) in [6, 6.07) is 17.8. The molecule has 124 valence electrons. The van der Waals surface area contributed by atoms with Crippen molar-refractivity contribution in [3.8, 4) is 0 Å². The van der Waals surface area contributed by atoms with Crippen molar-refractivity contribution in [1.29, 1.82) is 5.39 Å². The van der Waals surface area contributed by atoms with Gasteiger partial charge in [-0.15, -0.1) is 0 Å². The van der Waals surface area contributed by atoms with E-state index in [1.54, 1.807) is 12.1 Å². The summed E-state index contributed by atoms with van der Waals surface area (Å²) in [6.45, 7) is 0.858. The van der Waals surface area contributed by atoms with E-state index in [0.717, 1.165) is 12.2 Å². The van der Waals surface area contributed by atoms with E-state index in [1.807, 2.05) is 37.4 Å². The van der Waals surface area contributed by atoms with Crippen molar-refractivity contribution < 1.29 is 29.9 Å². The van der Waals surface area contributed by atoms with Crippen molar-refractivity contribution in [1.82, 2.24) is 0 Å². The molecule has 0 fully saturated rings. The van der Waals surface area contributed by atoms with Gasteiger partial charge in [0.25, 0.3) is 0 Å². The molecule has 2 aromatic carbocycles. The maximum Gasteiger partial charge on any atom is 0.394 e. The molecule has 0 atom stereocenters. The van der Waals surface area contributed by atoms with E-state index in [9.17, 15) is 0 Å². The number of anilines is 1. The Morgan fingerprint density at radius 1 is 1.04 bits per heavy atom. The predicted molar refractivity (Wildman–Crippen MR) is 83.9 cm³/mol. The molecule has 9 heteroatoms. The molecule has 2 aromatic rings. The van der Waals surface area contributed by atoms with Crippen molar-refractivity contribution in [2.24, 2.45) is 0 Å². The Morgan fingerprint density at radius 2 is 1.52 bits per heavy atom. The van der Waals surface area contributed by atoms with Crippen LogP contribution in [-0.4, -0.2) is 24.6 Å². The van der Waals surface area contributed by atoms with E-state index in [1.165, 1.54) is 5.56 Å². The van der Waals surface area contributed by atoms with Crippen LogP contribution in [0.3, 0.4) is 0 Å². The monoisotopic (exact) mass is 357 g/mol. The molecule has 2 N–H and O–H groups in total. The first kappa shape index (κ1) is 20.8. The lowest BCUT2D eigenvalue weighted by Crippen LogP contribution is -3.00. The lowest BCUT2D eigenvalue weighted by molar-refractivity contribution is -0.0000115. The van der Waals surface area contributed by atoms with Crippen LogP contribution < -0.4 is 17.3 Å². The second-order valence-corrected chi connectivity index (χ2v) is 5.30. The summed E-state index contributed by atoms with van der Waals surface area (Å²) < 4.78 is 31.6. The fourth-order valence-corrected chi connectivity index (χ4v) is 1.72. The van der Waals surface area contributed by atoms with Crippen LogP contribution >= 0.6 is 0 Å². The third-order valence-corrected chi connectivity index (χ3v) is 2.67. The van der Waals surface area contributed by atoms with E-state index >= 15 is 0 Å². The smallest absolute Gasteiger partial charge is 0.394 e. The molecular weight excluding hydrogens is 342 g/mol. The highest BCUT2D eigenvalue weighted by molar-refractivity contribution is 7.79. The summed E-state index contributed by atoms with van der Waals surface area (Å²) in [6.07, 6.45) is 0. The molecule has 7 nitrogen and oxygen atoms in total. The van der Waals surface area contributed by atoms with Gasteiger partial charge in [0.2, 0.25) is 5.39 Å². The lowest BCUT2D eigenvalue weighted by Gasteiger charge is -2.18. The summed E-state index contributed by atoms with van der Waals surface area (Å²) in [4.78, 5) is 5.29. The highest BCUT2D eigenvalue weighted by Gasteiger charge is 2.06. The van der Waals surface area contributed by atoms with Crippen molar-refractivity contribution in [3.63, 3.8) is 0 Å². The quantitative estimate of drug-likeness (QED) is 0.598. The first-order valence-corrected chi connectivity index (χ1v) is 7.59. The normalized spacial score (nSPS) is 9.65. The Hall–Kier alpha value is -2.18. The second-order valence-electron chi connectivity index (χ2n) is 4.41. The predicted octanol–water partition coefficient (Wildman–Crippen LogP) is 0.159. The largest absolute Gasteiger partial charge is 1.00 e. The number of diazo groups is 1. The van der Waals surface area contributed by atoms with Gasteiger partial charge in [-0.25, -0.2) is 0 Å². The second kappa shape index (κ2) is 9.76. The SMILES string of the molecule is CN(Cc1ccccc1)c1ccc([N+]#N)cc1.O=S(=O)(O)O.[Cl-]. The molecule has 0 radical (unpaired) electrons. The van der Waals surface area contributed by atoms with Gasteiger partial charge in [0, 0.05) is 31.4 Å². The van der Waals surface area contributed by atoms with Crippen molar-refractivity contribution in [2.45, 2.75) is 6.54 Å². The van der Waals surface area contributed by atoms with Gasteiger partial charge in [-0.05, 0) is 17.7 Å².